The SMILES string of the molecule is [B]C1CCCC(OC(F)(F)F)=C1C(=O)NC1=C(C(=N)c2ccc(C(=O)O)cc2F)CCCC1. The highest BCUT2D eigenvalue weighted by Gasteiger charge is 2.37. The first-order valence-corrected chi connectivity index (χ1v) is 10.4. The molecule has 0 saturated heterocycles. The van der Waals surface area contributed by atoms with E-state index in [9.17, 15) is 27.2 Å². The minimum atomic E-state index is -4.96. The van der Waals surface area contributed by atoms with Crippen molar-refractivity contribution in [2.45, 2.75) is 57.1 Å². The Morgan fingerprint density at radius 3 is 2.48 bits per heavy atom. The fourth-order valence-corrected chi connectivity index (χ4v) is 4.05. The molecule has 1 unspecified atom stereocenters. The number of carboxylic acid groups (broad SMARTS) is 1. The van der Waals surface area contributed by atoms with E-state index in [1.807, 2.05) is 0 Å². The van der Waals surface area contributed by atoms with Crippen LogP contribution in [0.25, 0.3) is 0 Å². The molecule has 0 spiro atoms. The number of aromatic carboxylic acids is 1. The predicted octanol–water partition coefficient (Wildman–Crippen LogP) is 4.77. The van der Waals surface area contributed by atoms with Crippen molar-refractivity contribution in [1.82, 2.24) is 5.32 Å². The van der Waals surface area contributed by atoms with E-state index in [1.54, 1.807) is 0 Å². The van der Waals surface area contributed by atoms with Gasteiger partial charge >= 0.3 is 12.3 Å². The largest absolute Gasteiger partial charge is 0.572 e. The zero-order valence-corrected chi connectivity index (χ0v) is 17.5. The molecule has 1 amide bonds. The lowest BCUT2D eigenvalue weighted by atomic mass is 9.73. The number of carbonyl (C=O) groups is 2. The molecular weight excluding hydrogens is 443 g/mol. The van der Waals surface area contributed by atoms with Gasteiger partial charge in [0.15, 0.2) is 0 Å². The van der Waals surface area contributed by atoms with Crippen molar-refractivity contribution in [2.24, 2.45) is 0 Å². The highest BCUT2D eigenvalue weighted by atomic mass is 19.4. The number of carboxylic acids is 1. The smallest absolute Gasteiger partial charge is 0.478 e. The molecule has 0 fully saturated rings. The van der Waals surface area contributed by atoms with E-state index in [-0.39, 0.29) is 28.8 Å². The zero-order valence-electron chi connectivity index (χ0n) is 17.5. The third kappa shape index (κ3) is 5.83. The van der Waals surface area contributed by atoms with Crippen molar-refractivity contribution in [3.63, 3.8) is 0 Å². The van der Waals surface area contributed by atoms with Crippen molar-refractivity contribution in [3.05, 3.63) is 57.7 Å². The van der Waals surface area contributed by atoms with Gasteiger partial charge in [-0.2, -0.15) is 0 Å². The average molecular weight is 464 g/mol. The van der Waals surface area contributed by atoms with Gasteiger partial charge in [-0.15, -0.1) is 13.2 Å². The van der Waals surface area contributed by atoms with Gasteiger partial charge in [0.2, 0.25) is 0 Å². The second kappa shape index (κ2) is 9.80. The van der Waals surface area contributed by atoms with E-state index in [2.05, 4.69) is 10.1 Å². The van der Waals surface area contributed by atoms with Crippen LogP contribution < -0.4 is 5.32 Å². The summed E-state index contributed by atoms with van der Waals surface area (Å²) in [6.07, 6.45) is -2.40. The number of carbonyl (C=O) groups excluding carboxylic acids is 1. The Bertz CT molecular complexity index is 1050. The van der Waals surface area contributed by atoms with Gasteiger partial charge in [0.05, 0.1) is 19.1 Å². The summed E-state index contributed by atoms with van der Waals surface area (Å²) < 4.78 is 56.9. The quantitative estimate of drug-likeness (QED) is 0.321. The Labute approximate surface area is 188 Å². The summed E-state index contributed by atoms with van der Waals surface area (Å²) in [4.78, 5) is 24.0. The maximum atomic E-state index is 14.5. The zero-order chi connectivity index (χ0) is 24.3. The van der Waals surface area contributed by atoms with Gasteiger partial charge < -0.3 is 15.2 Å². The van der Waals surface area contributed by atoms with Gasteiger partial charge in [-0.1, -0.05) is 6.42 Å². The molecule has 2 aliphatic carbocycles. The molecule has 0 aliphatic heterocycles. The molecule has 3 N–H and O–H groups in total. The minimum Gasteiger partial charge on any atom is -0.478 e. The maximum Gasteiger partial charge on any atom is 0.572 e. The van der Waals surface area contributed by atoms with Crippen molar-refractivity contribution in [1.29, 1.82) is 5.41 Å². The summed E-state index contributed by atoms with van der Waals surface area (Å²) in [6.45, 7) is 0. The van der Waals surface area contributed by atoms with Crippen LogP contribution in [-0.2, 0) is 9.53 Å². The van der Waals surface area contributed by atoms with Crippen molar-refractivity contribution in [2.75, 3.05) is 0 Å². The van der Waals surface area contributed by atoms with Gasteiger partial charge in [0, 0.05) is 23.3 Å². The second-order valence-electron chi connectivity index (χ2n) is 7.88. The molecule has 33 heavy (non-hydrogen) atoms. The van der Waals surface area contributed by atoms with Crippen molar-refractivity contribution >= 4 is 25.4 Å². The molecule has 2 radical (unpaired) electrons. The molecule has 6 nitrogen and oxygen atoms in total. The molecule has 0 bridgehead atoms. The number of alkyl halides is 3. The van der Waals surface area contributed by atoms with E-state index in [0.717, 1.165) is 6.07 Å². The average Bonchev–Trinajstić information content (AvgIpc) is 2.72. The van der Waals surface area contributed by atoms with Gasteiger partial charge in [-0.25, -0.2) is 9.18 Å². The molecule has 11 heteroatoms. The Hall–Kier alpha value is -3.11. The first kappa shape index (κ1) is 24.5. The molecule has 1 aromatic rings. The van der Waals surface area contributed by atoms with Crippen molar-refractivity contribution < 1.29 is 37.0 Å². The fraction of sp³-hybridized carbons (Fsp3) is 0.409. The standard InChI is InChI=1S/C22H21BF4N2O4/c23-14-5-3-7-17(33-22(25,26)27)18(14)20(30)29-16-6-2-1-4-13(16)19(28)12-9-8-11(21(31)32)10-15(12)24/h8-10,14,28H,1-7H2,(H,29,30)(H,31,32). The number of ether oxygens (including phenoxy) is 1. The molecule has 174 valence electrons. The van der Waals surface area contributed by atoms with Gasteiger partial charge in [-0.05, 0) is 61.7 Å². The number of hydrogen-bond acceptors (Lipinski definition) is 4. The van der Waals surface area contributed by atoms with Crippen LogP contribution in [0.4, 0.5) is 17.6 Å². The molecular formula is C22H21BF4N2O4. The van der Waals surface area contributed by atoms with E-state index < -0.39 is 35.6 Å². The maximum absolute atomic E-state index is 14.5. The minimum absolute atomic E-state index is 0.0845. The predicted molar refractivity (Wildman–Crippen MR) is 111 cm³/mol. The Kier molecular flexibility index (Phi) is 7.29. The lowest BCUT2D eigenvalue weighted by molar-refractivity contribution is -0.307. The van der Waals surface area contributed by atoms with Crippen LogP contribution in [0.1, 0.15) is 60.9 Å². The third-order valence-corrected chi connectivity index (χ3v) is 5.59. The van der Waals surface area contributed by atoms with Crippen LogP contribution in [0.2, 0.25) is 5.82 Å². The summed E-state index contributed by atoms with van der Waals surface area (Å²) in [5.41, 5.74) is -0.300. The first-order valence-electron chi connectivity index (χ1n) is 10.4. The van der Waals surface area contributed by atoms with Gasteiger partial charge in [0.25, 0.3) is 5.91 Å². The molecule has 1 atom stereocenters. The second-order valence-corrected chi connectivity index (χ2v) is 7.88. The number of allylic oxidation sites excluding steroid dienone is 3. The molecule has 3 rings (SSSR count). The Morgan fingerprint density at radius 1 is 1.15 bits per heavy atom. The van der Waals surface area contributed by atoms with Crippen LogP contribution in [0.15, 0.2) is 40.8 Å². The number of nitrogens with one attached hydrogen (secondary N) is 2. The van der Waals surface area contributed by atoms with Gasteiger partial charge in [-0.3, -0.25) is 10.2 Å². The highest BCUT2D eigenvalue weighted by Crippen LogP contribution is 2.37. The van der Waals surface area contributed by atoms with Crippen LogP contribution in [0.3, 0.4) is 0 Å². The lowest BCUT2D eigenvalue weighted by Crippen LogP contribution is -2.32. The molecule has 0 heterocycles. The Morgan fingerprint density at radius 2 is 1.85 bits per heavy atom. The number of benzene rings is 1. The normalized spacial score (nSPS) is 19.3. The number of amides is 1. The summed E-state index contributed by atoms with van der Waals surface area (Å²) in [5, 5.41) is 20.0. The molecule has 0 saturated carbocycles. The van der Waals surface area contributed by atoms with E-state index in [0.29, 0.717) is 49.8 Å². The summed E-state index contributed by atoms with van der Waals surface area (Å²) >= 11 is 0. The van der Waals surface area contributed by atoms with Crippen LogP contribution >= 0.6 is 0 Å². The van der Waals surface area contributed by atoms with E-state index >= 15 is 0 Å². The van der Waals surface area contributed by atoms with Crippen molar-refractivity contribution in [3.8, 4) is 0 Å². The number of hydrogen-bond donors (Lipinski definition) is 3. The van der Waals surface area contributed by atoms with E-state index in [4.69, 9.17) is 18.4 Å². The van der Waals surface area contributed by atoms with E-state index in [1.165, 1.54) is 12.1 Å². The topological polar surface area (TPSA) is 99.5 Å². The summed E-state index contributed by atoms with van der Waals surface area (Å²) in [6, 6.07) is 3.15. The monoisotopic (exact) mass is 464 g/mol. The van der Waals surface area contributed by atoms with Crippen LogP contribution in [0, 0.1) is 11.2 Å². The number of rotatable bonds is 6. The Balaban J connectivity index is 1.93. The highest BCUT2D eigenvalue weighted by molar-refractivity contribution is 6.19. The molecule has 2 aliphatic rings. The van der Waals surface area contributed by atoms with Gasteiger partial charge in [0.1, 0.15) is 11.6 Å². The third-order valence-electron chi connectivity index (χ3n) is 5.59. The molecule has 0 aromatic heterocycles. The van der Waals surface area contributed by atoms with Crippen LogP contribution in [-0.4, -0.2) is 36.9 Å². The first-order chi connectivity index (χ1) is 15.5. The summed E-state index contributed by atoms with van der Waals surface area (Å²) in [7, 11) is 5.92. The lowest BCUT2D eigenvalue weighted by Gasteiger charge is -2.28. The summed E-state index contributed by atoms with van der Waals surface area (Å²) in [5.74, 6) is -4.52. The molecule has 1 aromatic carbocycles. The van der Waals surface area contributed by atoms with Crippen LogP contribution in [0.5, 0.6) is 0 Å². The fourth-order valence-electron chi connectivity index (χ4n) is 4.05. The number of halogens is 4.